The molecule has 0 aliphatic rings. The Morgan fingerprint density at radius 1 is 1.50 bits per heavy atom. The summed E-state index contributed by atoms with van der Waals surface area (Å²) in [5, 5.41) is 22.6. The van der Waals surface area contributed by atoms with E-state index in [0.717, 1.165) is 5.69 Å². The summed E-state index contributed by atoms with van der Waals surface area (Å²) in [6, 6.07) is 7.52. The molecule has 0 saturated carbocycles. The fourth-order valence-corrected chi connectivity index (χ4v) is 2.56. The van der Waals surface area contributed by atoms with Crippen molar-refractivity contribution >= 4 is 21.9 Å². The van der Waals surface area contributed by atoms with Crippen molar-refractivity contribution in [3.05, 3.63) is 45.2 Å². The van der Waals surface area contributed by atoms with E-state index < -0.39 is 5.97 Å². The van der Waals surface area contributed by atoms with E-state index in [1.54, 1.807) is 30.7 Å². The van der Waals surface area contributed by atoms with Crippen LogP contribution in [0.5, 0.6) is 0 Å². The molecule has 0 radical (unpaired) electrons. The van der Waals surface area contributed by atoms with Gasteiger partial charge in [-0.2, -0.15) is 10.4 Å². The van der Waals surface area contributed by atoms with E-state index in [9.17, 15) is 10.1 Å². The van der Waals surface area contributed by atoms with Crippen LogP contribution in [0.1, 0.15) is 22.5 Å². The first kappa shape index (κ1) is 14.3. The van der Waals surface area contributed by atoms with Crippen LogP contribution in [0.2, 0.25) is 0 Å². The third-order valence-electron chi connectivity index (χ3n) is 3.10. The maximum absolute atomic E-state index is 10.9. The lowest BCUT2D eigenvalue weighted by Crippen LogP contribution is -2.05. The fraction of sp³-hybridized carbons (Fsp3) is 0.214. The number of rotatable bonds is 3. The Kier molecular flexibility index (Phi) is 3.91. The van der Waals surface area contributed by atoms with E-state index in [4.69, 9.17) is 5.11 Å². The quantitative estimate of drug-likeness (QED) is 0.936. The van der Waals surface area contributed by atoms with Gasteiger partial charge in [-0.25, -0.2) is 4.68 Å². The molecular weight excluding hydrogens is 322 g/mol. The highest BCUT2D eigenvalue weighted by atomic mass is 79.9. The minimum absolute atomic E-state index is 0.0758. The maximum Gasteiger partial charge on any atom is 0.307 e. The minimum atomic E-state index is -0.898. The number of aromatic nitrogens is 2. The Bertz CT molecular complexity index is 729. The number of carboxylic acid groups (broad SMARTS) is 1. The van der Waals surface area contributed by atoms with Gasteiger partial charge in [0.1, 0.15) is 6.07 Å². The van der Waals surface area contributed by atoms with Crippen LogP contribution >= 0.6 is 15.9 Å². The van der Waals surface area contributed by atoms with Gasteiger partial charge in [0.25, 0.3) is 0 Å². The van der Waals surface area contributed by atoms with Gasteiger partial charge in [0.05, 0.1) is 23.4 Å². The van der Waals surface area contributed by atoms with Gasteiger partial charge in [-0.05, 0) is 41.9 Å². The van der Waals surface area contributed by atoms with Crippen molar-refractivity contribution in [2.24, 2.45) is 0 Å². The van der Waals surface area contributed by atoms with Crippen molar-refractivity contribution in [1.29, 1.82) is 5.26 Å². The highest BCUT2D eigenvalue weighted by molar-refractivity contribution is 9.10. The van der Waals surface area contributed by atoms with Gasteiger partial charge in [-0.1, -0.05) is 6.07 Å². The molecule has 2 rings (SSSR count). The molecule has 6 heteroatoms. The van der Waals surface area contributed by atoms with Gasteiger partial charge in [-0.15, -0.1) is 0 Å². The van der Waals surface area contributed by atoms with Crippen molar-refractivity contribution in [2.75, 3.05) is 0 Å². The Morgan fingerprint density at radius 3 is 2.80 bits per heavy atom. The lowest BCUT2D eigenvalue weighted by molar-refractivity contribution is -0.136. The molecule has 0 saturated heterocycles. The number of carbonyl (C=O) groups is 1. The average molecular weight is 334 g/mol. The second-order valence-electron chi connectivity index (χ2n) is 4.38. The zero-order chi connectivity index (χ0) is 14.9. The molecule has 1 aromatic heterocycles. The highest BCUT2D eigenvalue weighted by Crippen LogP contribution is 2.25. The predicted molar refractivity (Wildman–Crippen MR) is 76.8 cm³/mol. The van der Waals surface area contributed by atoms with Crippen LogP contribution in [0.3, 0.4) is 0 Å². The van der Waals surface area contributed by atoms with E-state index in [0.29, 0.717) is 27.0 Å². The molecule has 5 nitrogen and oxygen atoms in total. The number of nitriles is 1. The lowest BCUT2D eigenvalue weighted by Gasteiger charge is -2.08. The van der Waals surface area contributed by atoms with E-state index in [2.05, 4.69) is 27.1 Å². The fourth-order valence-electron chi connectivity index (χ4n) is 2.12. The summed E-state index contributed by atoms with van der Waals surface area (Å²) in [5.74, 6) is -0.898. The number of benzene rings is 1. The van der Waals surface area contributed by atoms with Gasteiger partial charge in [0.2, 0.25) is 0 Å². The van der Waals surface area contributed by atoms with E-state index in [1.165, 1.54) is 0 Å². The summed E-state index contributed by atoms with van der Waals surface area (Å²) < 4.78 is 2.31. The summed E-state index contributed by atoms with van der Waals surface area (Å²) in [5.41, 5.74) is 3.19. The van der Waals surface area contributed by atoms with Gasteiger partial charge < -0.3 is 5.11 Å². The molecule has 1 heterocycles. The summed E-state index contributed by atoms with van der Waals surface area (Å²) in [6.45, 7) is 3.58. The van der Waals surface area contributed by atoms with Crippen LogP contribution in [0.15, 0.2) is 22.7 Å². The molecule has 0 unspecified atom stereocenters. The van der Waals surface area contributed by atoms with Crippen LogP contribution in [-0.2, 0) is 11.2 Å². The largest absolute Gasteiger partial charge is 0.481 e. The minimum Gasteiger partial charge on any atom is -0.481 e. The molecule has 0 aliphatic heterocycles. The standard InChI is InChI=1S/C14H12BrN3O2/c1-8-10(6-14(19)20)9(2)18(17-8)13-5-3-4-12(15)11(13)7-16/h3-5H,6H2,1-2H3,(H,19,20). The molecule has 0 spiro atoms. The molecule has 1 N–H and O–H groups in total. The summed E-state index contributed by atoms with van der Waals surface area (Å²) in [7, 11) is 0. The van der Waals surface area contributed by atoms with E-state index in [-0.39, 0.29) is 6.42 Å². The monoisotopic (exact) mass is 333 g/mol. The smallest absolute Gasteiger partial charge is 0.307 e. The number of nitrogens with zero attached hydrogens (tertiary/aromatic N) is 3. The van der Waals surface area contributed by atoms with Crippen molar-refractivity contribution in [2.45, 2.75) is 20.3 Å². The first-order chi connectivity index (χ1) is 9.45. The van der Waals surface area contributed by atoms with Crippen LogP contribution in [0, 0.1) is 25.2 Å². The van der Waals surface area contributed by atoms with Gasteiger partial charge in [0.15, 0.2) is 0 Å². The van der Waals surface area contributed by atoms with Crippen molar-refractivity contribution in [3.63, 3.8) is 0 Å². The Hall–Kier alpha value is -2.13. The first-order valence-corrected chi connectivity index (χ1v) is 6.71. The number of hydrogen-bond donors (Lipinski definition) is 1. The molecule has 0 amide bonds. The number of hydrogen-bond acceptors (Lipinski definition) is 3. The average Bonchev–Trinajstić information content (AvgIpc) is 2.66. The van der Waals surface area contributed by atoms with Crippen LogP contribution in [-0.4, -0.2) is 20.9 Å². The zero-order valence-corrected chi connectivity index (χ0v) is 12.6. The number of carboxylic acids is 1. The van der Waals surface area contributed by atoms with E-state index >= 15 is 0 Å². The molecule has 1 aromatic carbocycles. The van der Waals surface area contributed by atoms with Crippen LogP contribution < -0.4 is 0 Å². The molecule has 0 aliphatic carbocycles. The molecule has 0 fully saturated rings. The molecule has 20 heavy (non-hydrogen) atoms. The lowest BCUT2D eigenvalue weighted by atomic mass is 10.1. The van der Waals surface area contributed by atoms with E-state index in [1.807, 2.05) is 6.07 Å². The van der Waals surface area contributed by atoms with Crippen molar-refractivity contribution in [3.8, 4) is 11.8 Å². The SMILES string of the molecule is Cc1nn(-c2cccc(Br)c2C#N)c(C)c1CC(=O)O. The predicted octanol–water partition coefficient (Wildman–Crippen LogP) is 2.75. The Morgan fingerprint density at radius 2 is 2.20 bits per heavy atom. The summed E-state index contributed by atoms with van der Waals surface area (Å²) in [6.07, 6.45) is -0.0758. The zero-order valence-electron chi connectivity index (χ0n) is 11.0. The molecule has 0 bridgehead atoms. The summed E-state index contributed by atoms with van der Waals surface area (Å²) in [4.78, 5) is 10.9. The molecule has 2 aromatic rings. The van der Waals surface area contributed by atoms with Gasteiger partial charge >= 0.3 is 5.97 Å². The molecule has 0 atom stereocenters. The third-order valence-corrected chi connectivity index (χ3v) is 3.76. The van der Waals surface area contributed by atoms with Gasteiger partial charge in [-0.3, -0.25) is 4.79 Å². The van der Waals surface area contributed by atoms with Crippen LogP contribution in [0.4, 0.5) is 0 Å². The number of halogens is 1. The second kappa shape index (κ2) is 5.47. The number of aliphatic carboxylic acids is 1. The highest BCUT2D eigenvalue weighted by Gasteiger charge is 2.17. The van der Waals surface area contributed by atoms with Gasteiger partial charge in [0, 0.05) is 15.7 Å². The first-order valence-electron chi connectivity index (χ1n) is 5.91. The summed E-state index contributed by atoms with van der Waals surface area (Å²) >= 11 is 3.34. The van der Waals surface area contributed by atoms with Crippen molar-refractivity contribution < 1.29 is 9.90 Å². The molecular formula is C14H12BrN3O2. The van der Waals surface area contributed by atoms with Crippen molar-refractivity contribution in [1.82, 2.24) is 9.78 Å². The second-order valence-corrected chi connectivity index (χ2v) is 5.23. The number of aryl methyl sites for hydroxylation is 1. The normalized spacial score (nSPS) is 10.3. The Balaban J connectivity index is 2.64. The van der Waals surface area contributed by atoms with Crippen LogP contribution in [0.25, 0.3) is 5.69 Å². The third kappa shape index (κ3) is 2.45. The Labute approximate surface area is 124 Å². The topological polar surface area (TPSA) is 78.9 Å². The molecule has 102 valence electrons. The maximum atomic E-state index is 10.9.